The van der Waals surface area contributed by atoms with Gasteiger partial charge in [-0.2, -0.15) is 0 Å². The minimum absolute atomic E-state index is 0.186. The van der Waals surface area contributed by atoms with E-state index in [9.17, 15) is 14.4 Å². The second kappa shape index (κ2) is 9.23. The largest absolute Gasteiger partial charge is 0.497 e. The predicted octanol–water partition coefficient (Wildman–Crippen LogP) is 2.76. The molecule has 142 valence electrons. The van der Waals surface area contributed by atoms with Gasteiger partial charge in [0.2, 0.25) is 5.91 Å². The molecule has 0 fully saturated rings. The zero-order valence-corrected chi connectivity index (χ0v) is 14.9. The minimum Gasteiger partial charge on any atom is -0.497 e. The smallest absolute Gasteiger partial charge is 0.303 e. The highest BCUT2D eigenvalue weighted by Crippen LogP contribution is 2.30. The van der Waals surface area contributed by atoms with Crippen LogP contribution in [0.5, 0.6) is 11.5 Å². The van der Waals surface area contributed by atoms with Crippen LogP contribution in [0.4, 0.5) is 11.4 Å². The maximum absolute atomic E-state index is 12.7. The monoisotopic (exact) mass is 372 g/mol. The highest BCUT2D eigenvalue weighted by molar-refractivity contribution is 6.10. The standard InChI is InChI=1S/C19H20N2O6/c1-26-12-7-8-16(27-2)15(11-12)21-19(25)13-5-3-4-6-14(13)20-17(22)9-10-18(23)24/h3-8,11H,9-10H2,1-2H3,(H,20,22)(H,21,25)(H,23,24). The molecule has 2 aromatic carbocycles. The van der Waals surface area contributed by atoms with Gasteiger partial charge in [0.05, 0.1) is 37.6 Å². The molecule has 0 saturated carbocycles. The van der Waals surface area contributed by atoms with Crippen molar-refractivity contribution < 1.29 is 29.0 Å². The molecule has 27 heavy (non-hydrogen) atoms. The van der Waals surface area contributed by atoms with Crippen molar-refractivity contribution in [1.82, 2.24) is 0 Å². The van der Waals surface area contributed by atoms with Crippen LogP contribution in [0.25, 0.3) is 0 Å². The Kier molecular flexibility index (Phi) is 6.76. The minimum atomic E-state index is -1.07. The number of amides is 2. The van der Waals surface area contributed by atoms with Crippen molar-refractivity contribution in [3.05, 3.63) is 48.0 Å². The molecule has 2 rings (SSSR count). The number of hydrogen-bond donors (Lipinski definition) is 3. The Labute approximate surface area is 156 Å². The number of anilines is 2. The van der Waals surface area contributed by atoms with Gasteiger partial charge < -0.3 is 25.2 Å². The zero-order valence-electron chi connectivity index (χ0n) is 14.9. The summed E-state index contributed by atoms with van der Waals surface area (Å²) in [6.45, 7) is 0. The molecule has 0 aliphatic heterocycles. The third-order valence-electron chi connectivity index (χ3n) is 3.67. The summed E-state index contributed by atoms with van der Waals surface area (Å²) in [5.74, 6) is -1.03. The number of carboxylic acid groups (broad SMARTS) is 1. The lowest BCUT2D eigenvalue weighted by Crippen LogP contribution is -2.19. The first-order valence-electron chi connectivity index (χ1n) is 8.08. The fourth-order valence-corrected chi connectivity index (χ4v) is 2.32. The van der Waals surface area contributed by atoms with Crippen molar-refractivity contribution in [2.75, 3.05) is 24.9 Å². The molecule has 0 spiro atoms. The van der Waals surface area contributed by atoms with Gasteiger partial charge >= 0.3 is 5.97 Å². The number of carbonyl (C=O) groups excluding carboxylic acids is 2. The number of ether oxygens (including phenoxy) is 2. The molecule has 0 aliphatic rings. The topological polar surface area (TPSA) is 114 Å². The summed E-state index contributed by atoms with van der Waals surface area (Å²) in [4.78, 5) is 35.2. The number of para-hydroxylation sites is 1. The lowest BCUT2D eigenvalue weighted by molar-refractivity contribution is -0.138. The fraction of sp³-hybridized carbons (Fsp3) is 0.211. The SMILES string of the molecule is COc1ccc(OC)c(NC(=O)c2ccccc2NC(=O)CCC(=O)O)c1. The van der Waals surface area contributed by atoms with Crippen molar-refractivity contribution >= 4 is 29.2 Å². The van der Waals surface area contributed by atoms with E-state index in [1.54, 1.807) is 42.5 Å². The Morgan fingerprint density at radius 3 is 2.33 bits per heavy atom. The number of benzene rings is 2. The van der Waals surface area contributed by atoms with Crippen molar-refractivity contribution in [1.29, 1.82) is 0 Å². The van der Waals surface area contributed by atoms with E-state index in [-0.39, 0.29) is 24.1 Å². The average Bonchev–Trinajstić information content (AvgIpc) is 2.66. The van der Waals surface area contributed by atoms with Gasteiger partial charge in [0, 0.05) is 12.5 Å². The second-order valence-corrected chi connectivity index (χ2v) is 5.51. The molecule has 3 N–H and O–H groups in total. The Morgan fingerprint density at radius 1 is 0.926 bits per heavy atom. The number of carbonyl (C=O) groups is 3. The van der Waals surface area contributed by atoms with E-state index in [0.717, 1.165) is 0 Å². The lowest BCUT2D eigenvalue weighted by atomic mass is 10.1. The van der Waals surface area contributed by atoms with Gasteiger partial charge in [-0.1, -0.05) is 12.1 Å². The van der Waals surface area contributed by atoms with E-state index >= 15 is 0 Å². The summed E-state index contributed by atoms with van der Waals surface area (Å²) in [5, 5.41) is 14.0. The molecule has 0 bridgehead atoms. The van der Waals surface area contributed by atoms with E-state index < -0.39 is 17.8 Å². The Hall–Kier alpha value is -3.55. The summed E-state index contributed by atoms with van der Waals surface area (Å²) < 4.78 is 10.4. The number of rotatable bonds is 8. The van der Waals surface area contributed by atoms with E-state index in [0.29, 0.717) is 17.2 Å². The van der Waals surface area contributed by atoms with E-state index in [1.807, 2.05) is 0 Å². The van der Waals surface area contributed by atoms with Crippen LogP contribution in [0.1, 0.15) is 23.2 Å². The van der Waals surface area contributed by atoms with Crippen LogP contribution < -0.4 is 20.1 Å². The van der Waals surface area contributed by atoms with E-state index in [4.69, 9.17) is 14.6 Å². The molecule has 0 aromatic heterocycles. The van der Waals surface area contributed by atoms with Gasteiger partial charge in [0.25, 0.3) is 5.91 Å². The van der Waals surface area contributed by atoms with Crippen molar-refractivity contribution in [3.8, 4) is 11.5 Å². The maximum atomic E-state index is 12.7. The molecule has 2 aromatic rings. The number of hydrogen-bond acceptors (Lipinski definition) is 5. The molecule has 2 amide bonds. The van der Waals surface area contributed by atoms with Crippen molar-refractivity contribution in [2.45, 2.75) is 12.8 Å². The van der Waals surface area contributed by atoms with Crippen LogP contribution in [-0.4, -0.2) is 37.1 Å². The Bertz CT molecular complexity index is 850. The lowest BCUT2D eigenvalue weighted by Gasteiger charge is -2.14. The first kappa shape index (κ1) is 19.8. The molecule has 0 saturated heterocycles. The highest BCUT2D eigenvalue weighted by atomic mass is 16.5. The van der Waals surface area contributed by atoms with Gasteiger partial charge in [-0.05, 0) is 24.3 Å². The van der Waals surface area contributed by atoms with E-state index in [2.05, 4.69) is 10.6 Å². The Balaban J connectivity index is 2.20. The van der Waals surface area contributed by atoms with Crippen molar-refractivity contribution in [3.63, 3.8) is 0 Å². The van der Waals surface area contributed by atoms with Gasteiger partial charge in [-0.25, -0.2) is 0 Å². The highest BCUT2D eigenvalue weighted by Gasteiger charge is 2.16. The van der Waals surface area contributed by atoms with Crippen LogP contribution in [0.2, 0.25) is 0 Å². The Morgan fingerprint density at radius 2 is 1.67 bits per heavy atom. The molecule has 8 nitrogen and oxygen atoms in total. The second-order valence-electron chi connectivity index (χ2n) is 5.51. The number of aliphatic carboxylic acids is 1. The summed E-state index contributed by atoms with van der Waals surface area (Å²) >= 11 is 0. The van der Waals surface area contributed by atoms with Gasteiger partial charge in [0.15, 0.2) is 0 Å². The molecule has 0 unspecified atom stereocenters. The summed E-state index contributed by atoms with van der Waals surface area (Å²) in [5.41, 5.74) is 0.923. The molecule has 0 aliphatic carbocycles. The molecule has 8 heteroatoms. The maximum Gasteiger partial charge on any atom is 0.303 e. The van der Waals surface area contributed by atoms with Gasteiger partial charge in [-0.15, -0.1) is 0 Å². The predicted molar refractivity (Wildman–Crippen MR) is 99.4 cm³/mol. The fourth-order valence-electron chi connectivity index (χ4n) is 2.32. The average molecular weight is 372 g/mol. The summed E-state index contributed by atoms with van der Waals surface area (Å²) in [6.07, 6.45) is -0.476. The molecular formula is C19H20N2O6. The summed E-state index contributed by atoms with van der Waals surface area (Å²) in [7, 11) is 2.99. The number of carboxylic acids is 1. The molecular weight excluding hydrogens is 352 g/mol. The number of methoxy groups -OCH3 is 2. The van der Waals surface area contributed by atoms with Crippen LogP contribution in [-0.2, 0) is 9.59 Å². The van der Waals surface area contributed by atoms with Gasteiger partial charge in [0.1, 0.15) is 11.5 Å². The van der Waals surface area contributed by atoms with Gasteiger partial charge in [-0.3, -0.25) is 14.4 Å². The van der Waals surface area contributed by atoms with E-state index in [1.165, 1.54) is 14.2 Å². The summed E-state index contributed by atoms with van der Waals surface area (Å²) in [6, 6.07) is 11.4. The third-order valence-corrected chi connectivity index (χ3v) is 3.67. The zero-order chi connectivity index (χ0) is 19.8. The first-order chi connectivity index (χ1) is 12.9. The van der Waals surface area contributed by atoms with Crippen LogP contribution in [0.15, 0.2) is 42.5 Å². The molecule has 0 atom stereocenters. The molecule has 0 radical (unpaired) electrons. The van der Waals surface area contributed by atoms with Crippen LogP contribution in [0.3, 0.4) is 0 Å². The van der Waals surface area contributed by atoms with Crippen molar-refractivity contribution in [2.24, 2.45) is 0 Å². The van der Waals surface area contributed by atoms with Crippen LogP contribution >= 0.6 is 0 Å². The first-order valence-corrected chi connectivity index (χ1v) is 8.08. The third kappa shape index (κ3) is 5.46. The number of nitrogens with one attached hydrogen (secondary N) is 2. The van der Waals surface area contributed by atoms with Crippen LogP contribution in [0, 0.1) is 0 Å². The normalized spacial score (nSPS) is 10.0. The molecule has 0 heterocycles. The quantitative estimate of drug-likeness (QED) is 0.656.